The minimum Gasteiger partial charge on any atom is -0.442 e. The topological polar surface area (TPSA) is 67.9 Å². The van der Waals surface area contributed by atoms with Gasteiger partial charge in [0, 0.05) is 12.6 Å². The molecule has 1 N–H and O–H groups in total. The third-order valence-corrected chi connectivity index (χ3v) is 3.48. The van der Waals surface area contributed by atoms with E-state index in [1.807, 2.05) is 0 Å². The van der Waals surface area contributed by atoms with Gasteiger partial charge in [-0.15, -0.1) is 0 Å². The summed E-state index contributed by atoms with van der Waals surface area (Å²) in [5.74, 6) is -0.222. The standard InChI is InChI=1S/C18H26F2N2O4/c1-6-14(11-12-7-9-13(10-8-12)15(23)21-5)22(26-16(19)20)17(24)25-18(2,3)4/h7-10,14,16H,6,11H2,1-5H3,(H,21,23). The van der Waals surface area contributed by atoms with Crippen LogP contribution >= 0.6 is 0 Å². The Morgan fingerprint density at radius 3 is 2.19 bits per heavy atom. The highest BCUT2D eigenvalue weighted by atomic mass is 19.3. The molecule has 1 atom stereocenters. The van der Waals surface area contributed by atoms with E-state index in [1.165, 1.54) is 7.05 Å². The molecule has 0 saturated carbocycles. The number of benzene rings is 1. The van der Waals surface area contributed by atoms with Crippen LogP contribution in [0.4, 0.5) is 13.6 Å². The van der Waals surface area contributed by atoms with Crippen molar-refractivity contribution in [2.45, 2.75) is 58.8 Å². The summed E-state index contributed by atoms with van der Waals surface area (Å²) < 4.78 is 30.7. The number of nitrogens with one attached hydrogen (secondary N) is 1. The predicted octanol–water partition coefficient (Wildman–Crippen LogP) is 3.76. The monoisotopic (exact) mass is 372 g/mol. The lowest BCUT2D eigenvalue weighted by Crippen LogP contribution is -2.45. The molecule has 0 heterocycles. The number of hydrogen-bond donors (Lipinski definition) is 1. The molecule has 1 aromatic rings. The van der Waals surface area contributed by atoms with Crippen LogP contribution in [0, 0.1) is 0 Å². The van der Waals surface area contributed by atoms with Crippen LogP contribution in [0.2, 0.25) is 0 Å². The third-order valence-electron chi connectivity index (χ3n) is 3.48. The number of hydroxylamine groups is 2. The summed E-state index contributed by atoms with van der Waals surface area (Å²) in [6.07, 6.45) is -0.314. The number of amides is 2. The fourth-order valence-corrected chi connectivity index (χ4v) is 2.27. The van der Waals surface area contributed by atoms with Gasteiger partial charge in [0.15, 0.2) is 0 Å². The molecule has 0 spiro atoms. The van der Waals surface area contributed by atoms with Crippen molar-refractivity contribution in [2.24, 2.45) is 0 Å². The van der Waals surface area contributed by atoms with Crippen molar-refractivity contribution in [3.8, 4) is 0 Å². The van der Waals surface area contributed by atoms with Crippen molar-refractivity contribution in [2.75, 3.05) is 7.05 Å². The van der Waals surface area contributed by atoms with E-state index in [1.54, 1.807) is 52.0 Å². The summed E-state index contributed by atoms with van der Waals surface area (Å²) in [6.45, 7) is 3.54. The highest BCUT2D eigenvalue weighted by molar-refractivity contribution is 5.93. The maximum Gasteiger partial charge on any atom is 0.434 e. The average molecular weight is 372 g/mol. The summed E-state index contributed by atoms with van der Waals surface area (Å²) in [6, 6.07) is 6.04. The Kier molecular flexibility index (Phi) is 7.95. The van der Waals surface area contributed by atoms with Gasteiger partial charge in [-0.25, -0.2) is 4.79 Å². The molecular weight excluding hydrogens is 346 g/mol. The predicted molar refractivity (Wildman–Crippen MR) is 92.8 cm³/mol. The molecule has 0 saturated heterocycles. The molecule has 0 fully saturated rings. The lowest BCUT2D eigenvalue weighted by atomic mass is 10.0. The molecular formula is C18H26F2N2O4. The van der Waals surface area contributed by atoms with E-state index in [4.69, 9.17) is 4.74 Å². The lowest BCUT2D eigenvalue weighted by molar-refractivity contribution is -0.281. The first-order chi connectivity index (χ1) is 12.1. The molecule has 2 amide bonds. The first kappa shape index (κ1) is 21.8. The van der Waals surface area contributed by atoms with Crippen LogP contribution < -0.4 is 5.32 Å². The Bertz CT molecular complexity index is 600. The quantitative estimate of drug-likeness (QED) is 0.740. The fourth-order valence-electron chi connectivity index (χ4n) is 2.27. The molecule has 1 rings (SSSR count). The lowest BCUT2D eigenvalue weighted by Gasteiger charge is -2.31. The van der Waals surface area contributed by atoms with E-state index in [0.717, 1.165) is 5.56 Å². The van der Waals surface area contributed by atoms with E-state index >= 15 is 0 Å². The Morgan fingerprint density at radius 2 is 1.77 bits per heavy atom. The molecule has 0 aliphatic heterocycles. The SMILES string of the molecule is CCC(Cc1ccc(C(=O)NC)cc1)N(OC(F)F)C(=O)OC(C)(C)C. The first-order valence-electron chi connectivity index (χ1n) is 8.35. The van der Waals surface area contributed by atoms with Gasteiger partial charge in [-0.3, -0.25) is 4.79 Å². The highest BCUT2D eigenvalue weighted by Gasteiger charge is 2.31. The molecule has 146 valence electrons. The molecule has 26 heavy (non-hydrogen) atoms. The molecule has 8 heteroatoms. The zero-order valence-corrected chi connectivity index (χ0v) is 15.7. The molecule has 0 radical (unpaired) electrons. The fraction of sp³-hybridized carbons (Fsp3) is 0.556. The Balaban J connectivity index is 2.95. The van der Waals surface area contributed by atoms with Gasteiger partial charge in [0.05, 0.1) is 6.04 Å². The van der Waals surface area contributed by atoms with Crippen molar-refractivity contribution in [3.63, 3.8) is 0 Å². The molecule has 1 unspecified atom stereocenters. The summed E-state index contributed by atoms with van der Waals surface area (Å²) >= 11 is 0. The molecule has 1 aromatic carbocycles. The van der Waals surface area contributed by atoms with Crippen LogP contribution in [0.25, 0.3) is 0 Å². The van der Waals surface area contributed by atoms with Crippen LogP contribution in [-0.2, 0) is 16.0 Å². The van der Waals surface area contributed by atoms with Crippen molar-refractivity contribution >= 4 is 12.0 Å². The smallest absolute Gasteiger partial charge is 0.434 e. The number of alkyl halides is 2. The van der Waals surface area contributed by atoms with Crippen molar-refractivity contribution in [3.05, 3.63) is 35.4 Å². The van der Waals surface area contributed by atoms with Crippen LogP contribution in [0.3, 0.4) is 0 Å². The minimum absolute atomic E-state index is 0.222. The second-order valence-electron chi connectivity index (χ2n) is 6.71. The second-order valence-corrected chi connectivity index (χ2v) is 6.71. The normalized spacial score (nSPS) is 12.6. The number of rotatable bonds is 7. The number of hydrogen-bond acceptors (Lipinski definition) is 4. The number of carbonyl (C=O) groups excluding carboxylic acids is 2. The van der Waals surface area contributed by atoms with Gasteiger partial charge in [-0.2, -0.15) is 18.7 Å². The molecule has 0 aliphatic carbocycles. The molecule has 0 bridgehead atoms. The van der Waals surface area contributed by atoms with Crippen LogP contribution in [-0.4, -0.2) is 42.4 Å². The van der Waals surface area contributed by atoms with E-state index in [2.05, 4.69) is 10.2 Å². The number of ether oxygens (including phenoxy) is 1. The van der Waals surface area contributed by atoms with Gasteiger partial charge >= 0.3 is 12.7 Å². The number of halogens is 2. The van der Waals surface area contributed by atoms with E-state index < -0.39 is 24.3 Å². The van der Waals surface area contributed by atoms with Gasteiger partial charge in [-0.05, 0) is 51.3 Å². The van der Waals surface area contributed by atoms with Gasteiger partial charge in [0.1, 0.15) is 5.60 Å². The Morgan fingerprint density at radius 1 is 1.19 bits per heavy atom. The first-order valence-corrected chi connectivity index (χ1v) is 8.35. The van der Waals surface area contributed by atoms with Gasteiger partial charge in [0.25, 0.3) is 5.91 Å². The highest BCUT2D eigenvalue weighted by Crippen LogP contribution is 2.19. The van der Waals surface area contributed by atoms with E-state index in [0.29, 0.717) is 17.0 Å². The maximum atomic E-state index is 12.8. The summed E-state index contributed by atoms with van der Waals surface area (Å²) in [5.41, 5.74) is 0.418. The largest absolute Gasteiger partial charge is 0.442 e. The summed E-state index contributed by atoms with van der Waals surface area (Å²) in [7, 11) is 1.53. The third kappa shape index (κ3) is 6.95. The van der Waals surface area contributed by atoms with Crippen molar-refractivity contribution in [1.82, 2.24) is 10.4 Å². The van der Waals surface area contributed by atoms with Crippen molar-refractivity contribution in [1.29, 1.82) is 0 Å². The molecule has 6 nitrogen and oxygen atoms in total. The maximum absolute atomic E-state index is 12.8. The van der Waals surface area contributed by atoms with Crippen LogP contribution in [0.15, 0.2) is 24.3 Å². The van der Waals surface area contributed by atoms with Crippen molar-refractivity contribution < 1.29 is 27.9 Å². The number of nitrogens with zero attached hydrogens (tertiary/aromatic N) is 1. The van der Waals surface area contributed by atoms with E-state index in [-0.39, 0.29) is 12.3 Å². The van der Waals surface area contributed by atoms with Crippen LogP contribution in [0.1, 0.15) is 50.0 Å². The van der Waals surface area contributed by atoms with Gasteiger partial charge in [0.2, 0.25) is 0 Å². The average Bonchev–Trinajstić information content (AvgIpc) is 2.56. The summed E-state index contributed by atoms with van der Waals surface area (Å²) in [4.78, 5) is 28.3. The van der Waals surface area contributed by atoms with E-state index in [9.17, 15) is 18.4 Å². The minimum atomic E-state index is -3.15. The zero-order chi connectivity index (χ0) is 19.9. The molecule has 0 aliphatic rings. The Labute approximate surface area is 152 Å². The number of carbonyl (C=O) groups is 2. The molecule has 0 aromatic heterocycles. The van der Waals surface area contributed by atoms with Gasteiger partial charge < -0.3 is 10.1 Å². The Hall–Kier alpha value is -2.22. The van der Waals surface area contributed by atoms with Crippen LogP contribution in [0.5, 0.6) is 0 Å². The zero-order valence-electron chi connectivity index (χ0n) is 15.7. The summed E-state index contributed by atoms with van der Waals surface area (Å²) in [5, 5.41) is 3.12. The second kappa shape index (κ2) is 9.47. The van der Waals surface area contributed by atoms with Gasteiger partial charge in [-0.1, -0.05) is 19.1 Å².